The largest absolute Gasteiger partial charge is 0.375 e. The van der Waals surface area contributed by atoms with Gasteiger partial charge in [-0.1, -0.05) is 18.5 Å². The van der Waals surface area contributed by atoms with E-state index in [1.165, 1.54) is 16.6 Å². The second kappa shape index (κ2) is 5.85. The monoisotopic (exact) mass is 320 g/mol. The third kappa shape index (κ3) is 2.90. The lowest BCUT2D eigenvalue weighted by Crippen LogP contribution is -2.51. The summed E-state index contributed by atoms with van der Waals surface area (Å²) < 4.78 is 32.2. The molecule has 8 heteroatoms. The van der Waals surface area contributed by atoms with Crippen LogP contribution in [-0.4, -0.2) is 43.0 Å². The van der Waals surface area contributed by atoms with Crippen LogP contribution in [0.5, 0.6) is 0 Å². The maximum absolute atomic E-state index is 12.7. The number of nitrogens with one attached hydrogen (secondary N) is 1. The Morgan fingerprint density at radius 3 is 2.85 bits per heavy atom. The number of aromatic amines is 1. The maximum atomic E-state index is 12.7. The van der Waals surface area contributed by atoms with Gasteiger partial charge in [-0.15, -0.1) is 0 Å². The minimum absolute atomic E-state index is 0.00495. The molecule has 0 amide bonds. The molecule has 0 bridgehead atoms. The number of sulfonamides is 1. The molecule has 0 aromatic carbocycles. The highest BCUT2D eigenvalue weighted by Gasteiger charge is 2.35. The summed E-state index contributed by atoms with van der Waals surface area (Å²) >= 11 is 5.71. The first-order valence-electron chi connectivity index (χ1n) is 6.38. The Labute approximate surface area is 122 Å². The van der Waals surface area contributed by atoms with E-state index in [1.807, 2.05) is 13.8 Å². The number of aromatic nitrogens is 1. The molecular weight excluding hydrogens is 304 g/mol. The molecule has 2 unspecified atom stereocenters. The number of hydrogen-bond acceptors (Lipinski definition) is 4. The first-order chi connectivity index (χ1) is 9.36. The van der Waals surface area contributed by atoms with Gasteiger partial charge in [-0.2, -0.15) is 4.31 Å². The lowest BCUT2D eigenvalue weighted by Gasteiger charge is -2.37. The van der Waals surface area contributed by atoms with E-state index in [0.29, 0.717) is 13.0 Å². The molecule has 0 aliphatic carbocycles. The van der Waals surface area contributed by atoms with E-state index in [2.05, 4.69) is 4.98 Å². The fraction of sp³-hybridized carbons (Fsp3) is 0.583. The number of pyridine rings is 1. The van der Waals surface area contributed by atoms with E-state index in [4.69, 9.17) is 16.3 Å². The van der Waals surface area contributed by atoms with Crippen LogP contribution in [0.15, 0.2) is 22.0 Å². The average molecular weight is 321 g/mol. The van der Waals surface area contributed by atoms with Crippen LogP contribution in [0, 0.1) is 0 Å². The zero-order valence-electron chi connectivity index (χ0n) is 11.3. The smallest absolute Gasteiger partial charge is 0.266 e. The molecule has 1 fully saturated rings. The van der Waals surface area contributed by atoms with Crippen LogP contribution in [0.3, 0.4) is 0 Å². The number of ether oxygens (including phenoxy) is 1. The van der Waals surface area contributed by atoms with Crippen molar-refractivity contribution < 1.29 is 13.2 Å². The molecule has 20 heavy (non-hydrogen) atoms. The Morgan fingerprint density at radius 2 is 2.25 bits per heavy atom. The van der Waals surface area contributed by atoms with E-state index in [0.717, 1.165) is 0 Å². The van der Waals surface area contributed by atoms with Crippen LogP contribution in [0.1, 0.15) is 20.3 Å². The summed E-state index contributed by atoms with van der Waals surface area (Å²) in [4.78, 5) is 13.6. The van der Waals surface area contributed by atoms with Gasteiger partial charge in [-0.3, -0.25) is 4.79 Å². The summed E-state index contributed by atoms with van der Waals surface area (Å²) in [7, 11) is -3.70. The van der Waals surface area contributed by atoms with Gasteiger partial charge in [0.2, 0.25) is 10.0 Å². The molecule has 112 valence electrons. The molecule has 0 saturated carbocycles. The Balaban J connectivity index is 2.41. The van der Waals surface area contributed by atoms with Crippen molar-refractivity contribution >= 4 is 21.6 Å². The molecule has 1 aromatic heterocycles. The Morgan fingerprint density at radius 1 is 1.55 bits per heavy atom. The van der Waals surface area contributed by atoms with Gasteiger partial charge in [0.1, 0.15) is 5.02 Å². The molecular formula is C12H17ClN2O4S. The molecule has 2 heterocycles. The maximum Gasteiger partial charge on any atom is 0.266 e. The van der Waals surface area contributed by atoms with Crippen LogP contribution in [0.4, 0.5) is 0 Å². The number of morpholine rings is 1. The third-order valence-electron chi connectivity index (χ3n) is 3.33. The molecule has 1 aromatic rings. The summed E-state index contributed by atoms with van der Waals surface area (Å²) in [5.74, 6) is 0. The summed E-state index contributed by atoms with van der Waals surface area (Å²) in [6, 6.07) is 0.977. The van der Waals surface area contributed by atoms with Gasteiger partial charge < -0.3 is 9.72 Å². The Hall–Kier alpha value is -0.890. The minimum atomic E-state index is -3.70. The van der Waals surface area contributed by atoms with Crippen molar-refractivity contribution in [3.63, 3.8) is 0 Å². The number of hydrogen-bond donors (Lipinski definition) is 1. The second-order valence-corrected chi connectivity index (χ2v) is 7.09. The van der Waals surface area contributed by atoms with Crippen molar-refractivity contribution in [3.8, 4) is 0 Å². The lowest BCUT2D eigenvalue weighted by atomic mass is 10.2. The average Bonchev–Trinajstić information content (AvgIpc) is 2.41. The van der Waals surface area contributed by atoms with Crippen molar-refractivity contribution in [2.75, 3.05) is 13.2 Å². The van der Waals surface area contributed by atoms with Gasteiger partial charge >= 0.3 is 0 Å². The van der Waals surface area contributed by atoms with Gasteiger partial charge in [0.25, 0.3) is 5.56 Å². The zero-order valence-corrected chi connectivity index (χ0v) is 12.9. The second-order valence-electron chi connectivity index (χ2n) is 4.79. The van der Waals surface area contributed by atoms with Crippen LogP contribution >= 0.6 is 11.6 Å². The van der Waals surface area contributed by atoms with Crippen LogP contribution < -0.4 is 5.56 Å². The first-order valence-corrected chi connectivity index (χ1v) is 8.19. The number of H-pyrrole nitrogens is 1. The highest BCUT2D eigenvalue weighted by atomic mass is 35.5. The van der Waals surface area contributed by atoms with Gasteiger partial charge in [0, 0.05) is 18.8 Å². The summed E-state index contributed by atoms with van der Waals surface area (Å²) in [5.41, 5.74) is -0.506. The molecule has 2 atom stereocenters. The molecule has 1 aliphatic heterocycles. The molecule has 0 radical (unpaired) electrons. The standard InChI is InChI=1S/C12H17ClN2O4S/c1-3-9-7-19-8(2)6-15(9)20(17,18)10-4-11(13)12(16)14-5-10/h4-5,8-9H,3,6-7H2,1-2H3,(H,14,16). The molecule has 6 nitrogen and oxygen atoms in total. The van der Waals surface area contributed by atoms with E-state index >= 15 is 0 Å². The van der Waals surface area contributed by atoms with Crippen molar-refractivity contribution in [2.24, 2.45) is 0 Å². The van der Waals surface area contributed by atoms with Crippen molar-refractivity contribution in [2.45, 2.75) is 37.3 Å². The van der Waals surface area contributed by atoms with Gasteiger partial charge in [-0.25, -0.2) is 8.42 Å². The van der Waals surface area contributed by atoms with Gasteiger partial charge in [-0.05, 0) is 19.4 Å². The minimum Gasteiger partial charge on any atom is -0.375 e. The van der Waals surface area contributed by atoms with Crippen LogP contribution in [-0.2, 0) is 14.8 Å². The fourth-order valence-corrected chi connectivity index (χ4v) is 4.14. The molecule has 2 rings (SSSR count). The fourth-order valence-electron chi connectivity index (χ4n) is 2.15. The topological polar surface area (TPSA) is 79.5 Å². The predicted octanol–water partition coefficient (Wildman–Crippen LogP) is 1.22. The predicted molar refractivity (Wildman–Crippen MR) is 75.5 cm³/mol. The Bertz CT molecular complexity index is 643. The van der Waals surface area contributed by atoms with E-state index < -0.39 is 15.6 Å². The highest BCUT2D eigenvalue weighted by molar-refractivity contribution is 7.89. The number of rotatable bonds is 3. The zero-order chi connectivity index (χ0) is 14.9. The van der Waals surface area contributed by atoms with E-state index in [-0.39, 0.29) is 28.6 Å². The quantitative estimate of drug-likeness (QED) is 0.908. The van der Waals surface area contributed by atoms with Crippen molar-refractivity contribution in [1.82, 2.24) is 9.29 Å². The van der Waals surface area contributed by atoms with E-state index in [9.17, 15) is 13.2 Å². The third-order valence-corrected chi connectivity index (χ3v) is 5.50. The summed E-state index contributed by atoms with van der Waals surface area (Å²) in [6.45, 7) is 4.40. The summed E-state index contributed by atoms with van der Waals surface area (Å²) in [6.07, 6.45) is 1.67. The number of halogens is 1. The number of nitrogens with zero attached hydrogens (tertiary/aromatic N) is 1. The molecule has 0 spiro atoms. The van der Waals surface area contributed by atoms with Crippen LogP contribution in [0.2, 0.25) is 5.02 Å². The normalized spacial score (nSPS) is 24.8. The first kappa shape index (κ1) is 15.5. The molecule has 1 saturated heterocycles. The molecule has 1 N–H and O–H groups in total. The van der Waals surface area contributed by atoms with Crippen molar-refractivity contribution in [3.05, 3.63) is 27.6 Å². The Kier molecular flexibility index (Phi) is 4.53. The summed E-state index contributed by atoms with van der Waals surface area (Å²) in [5, 5.41) is -0.138. The SMILES string of the molecule is CCC1COC(C)CN1S(=O)(=O)c1c[nH]c(=O)c(Cl)c1. The highest BCUT2D eigenvalue weighted by Crippen LogP contribution is 2.24. The van der Waals surface area contributed by atoms with Crippen molar-refractivity contribution in [1.29, 1.82) is 0 Å². The lowest BCUT2D eigenvalue weighted by molar-refractivity contribution is -0.0230. The van der Waals surface area contributed by atoms with Gasteiger partial charge in [0.05, 0.1) is 17.6 Å². The van der Waals surface area contributed by atoms with E-state index in [1.54, 1.807) is 0 Å². The molecule has 1 aliphatic rings. The van der Waals surface area contributed by atoms with Crippen LogP contribution in [0.25, 0.3) is 0 Å². The van der Waals surface area contributed by atoms with Gasteiger partial charge in [0.15, 0.2) is 0 Å².